The fourth-order valence-corrected chi connectivity index (χ4v) is 1.71. The van der Waals surface area contributed by atoms with Crippen molar-refractivity contribution in [1.82, 2.24) is 15.5 Å². The van der Waals surface area contributed by atoms with Gasteiger partial charge in [-0.2, -0.15) is 0 Å². The minimum Gasteiger partial charge on any atom is -0.407 e. The number of rotatable bonds is 8. The van der Waals surface area contributed by atoms with Crippen LogP contribution in [0.1, 0.15) is 26.2 Å². The van der Waals surface area contributed by atoms with Gasteiger partial charge in [-0.3, -0.25) is 4.21 Å². The van der Waals surface area contributed by atoms with Crippen LogP contribution in [0.2, 0.25) is 0 Å². The molecule has 1 rings (SSSR count). The summed E-state index contributed by atoms with van der Waals surface area (Å²) in [5, 5.41) is 14.0. The average Bonchev–Trinajstić information content (AvgIpc) is 2.69. The summed E-state index contributed by atoms with van der Waals surface area (Å²) >= 11 is 0. The van der Waals surface area contributed by atoms with Gasteiger partial charge in [0.1, 0.15) is 0 Å². The second-order valence-electron chi connectivity index (χ2n) is 4.09. The van der Waals surface area contributed by atoms with Crippen LogP contribution in [0.25, 0.3) is 0 Å². The smallest absolute Gasteiger partial charge is 0.315 e. The topological polar surface area (TPSA) is 80.0 Å². The van der Waals surface area contributed by atoms with Crippen molar-refractivity contribution in [2.75, 3.05) is 23.9 Å². The van der Waals surface area contributed by atoms with Crippen LogP contribution in [0.5, 0.6) is 0 Å². The first-order chi connectivity index (χ1) is 8.08. The van der Waals surface area contributed by atoms with E-state index in [1.807, 2.05) is 0 Å². The Hall–Kier alpha value is -0.950. The molecule has 1 aromatic heterocycles. The third kappa shape index (κ3) is 6.38. The first-order valence-electron chi connectivity index (χ1n) is 5.67. The predicted molar refractivity (Wildman–Crippen MR) is 68.3 cm³/mol. The number of anilines is 1. The van der Waals surface area contributed by atoms with Gasteiger partial charge >= 0.3 is 6.01 Å². The highest BCUT2D eigenvalue weighted by Crippen LogP contribution is 2.05. The lowest BCUT2D eigenvalue weighted by molar-refractivity contribution is 0.458. The Balaban J connectivity index is 2.23. The Labute approximate surface area is 104 Å². The SMILES string of the molecule is CC(C)NCc1nnc(NCCCS(C)=O)o1. The molecule has 0 spiro atoms. The zero-order chi connectivity index (χ0) is 12.7. The lowest BCUT2D eigenvalue weighted by Crippen LogP contribution is -2.21. The molecular formula is C10H20N4O2S. The van der Waals surface area contributed by atoms with E-state index in [0.717, 1.165) is 6.42 Å². The summed E-state index contributed by atoms with van der Waals surface area (Å²) in [7, 11) is -0.743. The Morgan fingerprint density at radius 2 is 2.18 bits per heavy atom. The summed E-state index contributed by atoms with van der Waals surface area (Å²) in [5.41, 5.74) is 0. The van der Waals surface area contributed by atoms with Crippen LogP contribution in [-0.2, 0) is 17.3 Å². The standard InChI is InChI=1S/C10H20N4O2S/c1-8(2)12-7-9-13-14-10(16-9)11-5-4-6-17(3)15/h8,12H,4-7H2,1-3H3,(H,11,14). The molecule has 2 N–H and O–H groups in total. The number of hydrogen-bond donors (Lipinski definition) is 2. The quantitative estimate of drug-likeness (QED) is 0.671. The van der Waals surface area contributed by atoms with E-state index in [1.54, 1.807) is 6.26 Å². The summed E-state index contributed by atoms with van der Waals surface area (Å²) < 4.78 is 16.2. The third-order valence-corrected chi connectivity index (χ3v) is 2.88. The number of aromatic nitrogens is 2. The molecule has 7 heteroatoms. The van der Waals surface area contributed by atoms with Crippen molar-refractivity contribution < 1.29 is 8.63 Å². The van der Waals surface area contributed by atoms with Crippen molar-refractivity contribution >= 4 is 16.8 Å². The van der Waals surface area contributed by atoms with Crippen LogP contribution in [-0.4, -0.2) is 39.0 Å². The largest absolute Gasteiger partial charge is 0.407 e. The summed E-state index contributed by atoms with van der Waals surface area (Å²) in [6.45, 7) is 5.38. The van der Waals surface area contributed by atoms with Gasteiger partial charge in [-0.15, -0.1) is 5.10 Å². The fraction of sp³-hybridized carbons (Fsp3) is 0.800. The monoisotopic (exact) mass is 260 g/mol. The second kappa shape index (κ2) is 7.39. The molecule has 0 aliphatic heterocycles. The number of hydrogen-bond acceptors (Lipinski definition) is 6. The highest BCUT2D eigenvalue weighted by molar-refractivity contribution is 7.84. The zero-order valence-electron chi connectivity index (χ0n) is 10.5. The Morgan fingerprint density at radius 1 is 1.41 bits per heavy atom. The van der Waals surface area contributed by atoms with E-state index in [1.165, 1.54) is 0 Å². The summed E-state index contributed by atoms with van der Waals surface area (Å²) in [6.07, 6.45) is 2.52. The van der Waals surface area contributed by atoms with E-state index in [4.69, 9.17) is 4.42 Å². The van der Waals surface area contributed by atoms with Crippen LogP contribution >= 0.6 is 0 Å². The van der Waals surface area contributed by atoms with Crippen LogP contribution in [0, 0.1) is 0 Å². The van der Waals surface area contributed by atoms with Gasteiger partial charge in [-0.1, -0.05) is 18.9 Å². The van der Waals surface area contributed by atoms with Crippen LogP contribution in [0.3, 0.4) is 0 Å². The van der Waals surface area contributed by atoms with Crippen molar-refractivity contribution in [3.8, 4) is 0 Å². The van der Waals surface area contributed by atoms with Gasteiger partial charge in [0.2, 0.25) is 5.89 Å². The van der Waals surface area contributed by atoms with E-state index < -0.39 is 10.8 Å². The van der Waals surface area contributed by atoms with Gasteiger partial charge in [0, 0.05) is 35.4 Å². The summed E-state index contributed by atoms with van der Waals surface area (Å²) in [4.78, 5) is 0. The van der Waals surface area contributed by atoms with Gasteiger partial charge in [0.05, 0.1) is 6.54 Å². The van der Waals surface area contributed by atoms with E-state index >= 15 is 0 Å². The molecule has 0 fully saturated rings. The van der Waals surface area contributed by atoms with Crippen molar-refractivity contribution in [3.63, 3.8) is 0 Å². The molecule has 0 saturated heterocycles. The van der Waals surface area contributed by atoms with Crippen molar-refractivity contribution in [1.29, 1.82) is 0 Å². The predicted octanol–water partition coefficient (Wildman–Crippen LogP) is 0.748. The molecule has 98 valence electrons. The Bertz CT molecular complexity index is 354. The second-order valence-corrected chi connectivity index (χ2v) is 5.65. The molecule has 1 heterocycles. The number of nitrogens with zero attached hydrogens (tertiary/aromatic N) is 2. The summed E-state index contributed by atoms with van der Waals surface area (Å²) in [5.74, 6) is 1.25. The maximum absolute atomic E-state index is 10.8. The average molecular weight is 260 g/mol. The van der Waals surface area contributed by atoms with Gasteiger partial charge in [0.25, 0.3) is 0 Å². The van der Waals surface area contributed by atoms with E-state index in [0.29, 0.717) is 36.8 Å². The van der Waals surface area contributed by atoms with Gasteiger partial charge in [0.15, 0.2) is 0 Å². The highest BCUT2D eigenvalue weighted by Gasteiger charge is 2.05. The Morgan fingerprint density at radius 3 is 2.82 bits per heavy atom. The minimum absolute atomic E-state index is 0.387. The van der Waals surface area contributed by atoms with Crippen molar-refractivity contribution in [2.24, 2.45) is 0 Å². The zero-order valence-corrected chi connectivity index (χ0v) is 11.3. The molecule has 1 atom stereocenters. The normalized spacial score (nSPS) is 12.9. The first-order valence-corrected chi connectivity index (χ1v) is 7.40. The molecule has 0 bridgehead atoms. The molecule has 0 radical (unpaired) electrons. The first kappa shape index (κ1) is 14.1. The Kier molecular flexibility index (Phi) is 6.13. The fourth-order valence-electron chi connectivity index (χ4n) is 1.16. The maximum Gasteiger partial charge on any atom is 0.315 e. The lowest BCUT2D eigenvalue weighted by Gasteiger charge is -2.03. The van der Waals surface area contributed by atoms with Gasteiger partial charge in [-0.05, 0) is 6.42 Å². The molecule has 0 aromatic carbocycles. The molecule has 17 heavy (non-hydrogen) atoms. The van der Waals surface area contributed by atoms with Gasteiger partial charge in [-0.25, -0.2) is 0 Å². The third-order valence-electron chi connectivity index (χ3n) is 2.01. The molecule has 1 unspecified atom stereocenters. The molecule has 0 aliphatic carbocycles. The van der Waals surface area contributed by atoms with Crippen molar-refractivity contribution in [3.05, 3.63) is 5.89 Å². The molecule has 0 amide bonds. The minimum atomic E-state index is -0.743. The van der Waals surface area contributed by atoms with E-state index in [2.05, 4.69) is 34.7 Å². The van der Waals surface area contributed by atoms with Crippen LogP contribution in [0.4, 0.5) is 6.01 Å². The molecule has 1 aromatic rings. The highest BCUT2D eigenvalue weighted by atomic mass is 32.2. The summed E-state index contributed by atoms with van der Waals surface area (Å²) in [6, 6.07) is 0.810. The van der Waals surface area contributed by atoms with Gasteiger partial charge < -0.3 is 15.1 Å². The molecule has 0 saturated carbocycles. The van der Waals surface area contributed by atoms with E-state index in [-0.39, 0.29) is 0 Å². The number of nitrogens with one attached hydrogen (secondary N) is 2. The molecule has 0 aliphatic rings. The van der Waals surface area contributed by atoms with Crippen LogP contribution < -0.4 is 10.6 Å². The van der Waals surface area contributed by atoms with E-state index in [9.17, 15) is 4.21 Å². The van der Waals surface area contributed by atoms with Crippen molar-refractivity contribution in [2.45, 2.75) is 32.9 Å². The maximum atomic E-state index is 10.8. The lowest BCUT2D eigenvalue weighted by atomic mass is 10.4. The van der Waals surface area contributed by atoms with Crippen LogP contribution in [0.15, 0.2) is 4.42 Å². The molecule has 6 nitrogen and oxygen atoms in total. The molecular weight excluding hydrogens is 240 g/mol.